The van der Waals surface area contributed by atoms with E-state index in [1.165, 1.54) is 19.5 Å². The molecular weight excluding hydrogens is 345 g/mol. The molecule has 1 fully saturated rings. The van der Waals surface area contributed by atoms with Gasteiger partial charge in [-0.15, -0.1) is 24.8 Å². The Morgan fingerprint density at radius 3 is 2.42 bits per heavy atom. The summed E-state index contributed by atoms with van der Waals surface area (Å²) in [6.45, 7) is 8.97. The number of nitrogens with one attached hydrogen (secondary N) is 1. The zero-order valence-electron chi connectivity index (χ0n) is 14.7. The van der Waals surface area contributed by atoms with Gasteiger partial charge < -0.3 is 16.0 Å². The fraction of sp³-hybridized carbons (Fsp3) is 0.611. The highest BCUT2D eigenvalue weighted by atomic mass is 35.5. The average molecular weight is 376 g/mol. The van der Waals surface area contributed by atoms with Crippen molar-refractivity contribution in [2.75, 3.05) is 31.9 Å². The summed E-state index contributed by atoms with van der Waals surface area (Å²) in [4.78, 5) is 14.6. The summed E-state index contributed by atoms with van der Waals surface area (Å²) in [5, 5.41) is 2.96. The summed E-state index contributed by atoms with van der Waals surface area (Å²) in [6, 6.07) is 7.20. The van der Waals surface area contributed by atoms with E-state index in [1.807, 2.05) is 12.1 Å². The first-order valence-electron chi connectivity index (χ1n) is 8.41. The van der Waals surface area contributed by atoms with Crippen LogP contribution in [0.25, 0.3) is 0 Å². The Bertz CT molecular complexity index is 489. The molecule has 2 unspecified atom stereocenters. The summed E-state index contributed by atoms with van der Waals surface area (Å²) in [7, 11) is 0. The molecule has 1 aromatic rings. The second-order valence-electron chi connectivity index (χ2n) is 6.76. The Morgan fingerprint density at radius 2 is 1.79 bits per heavy atom. The van der Waals surface area contributed by atoms with Crippen LogP contribution in [0.5, 0.6) is 0 Å². The first-order valence-corrected chi connectivity index (χ1v) is 8.41. The lowest BCUT2D eigenvalue weighted by molar-refractivity contribution is 0.0952. The van der Waals surface area contributed by atoms with Crippen molar-refractivity contribution in [1.82, 2.24) is 10.2 Å². The second-order valence-corrected chi connectivity index (χ2v) is 6.76. The fourth-order valence-electron chi connectivity index (χ4n) is 3.44. The highest BCUT2D eigenvalue weighted by Gasteiger charge is 2.20. The molecule has 4 nitrogen and oxygen atoms in total. The first-order chi connectivity index (χ1) is 10.6. The van der Waals surface area contributed by atoms with Crippen LogP contribution >= 0.6 is 24.8 Å². The molecule has 0 aliphatic carbocycles. The molecule has 138 valence electrons. The number of nitrogens with two attached hydrogens (primary N) is 1. The van der Waals surface area contributed by atoms with Gasteiger partial charge in [-0.2, -0.15) is 0 Å². The highest BCUT2D eigenvalue weighted by Crippen LogP contribution is 2.20. The maximum atomic E-state index is 12.0. The molecule has 1 saturated heterocycles. The van der Waals surface area contributed by atoms with Gasteiger partial charge in [0, 0.05) is 25.3 Å². The number of hydrogen-bond donors (Lipinski definition) is 2. The number of para-hydroxylation sites is 1. The van der Waals surface area contributed by atoms with Crippen LogP contribution in [-0.2, 0) is 0 Å². The monoisotopic (exact) mass is 375 g/mol. The number of benzene rings is 1. The topological polar surface area (TPSA) is 58.4 Å². The van der Waals surface area contributed by atoms with Gasteiger partial charge >= 0.3 is 0 Å². The fourth-order valence-corrected chi connectivity index (χ4v) is 3.44. The van der Waals surface area contributed by atoms with Gasteiger partial charge in [0.15, 0.2) is 0 Å². The van der Waals surface area contributed by atoms with Gasteiger partial charge in [0.05, 0.1) is 5.56 Å². The predicted molar refractivity (Wildman–Crippen MR) is 106 cm³/mol. The molecule has 0 saturated carbocycles. The van der Waals surface area contributed by atoms with Crippen LogP contribution in [0.3, 0.4) is 0 Å². The Morgan fingerprint density at radius 1 is 1.17 bits per heavy atom. The van der Waals surface area contributed by atoms with E-state index in [0.717, 1.165) is 31.2 Å². The molecule has 2 atom stereocenters. The van der Waals surface area contributed by atoms with Gasteiger partial charge in [0.2, 0.25) is 0 Å². The quantitative estimate of drug-likeness (QED) is 0.589. The van der Waals surface area contributed by atoms with E-state index in [9.17, 15) is 4.79 Å². The van der Waals surface area contributed by atoms with E-state index in [2.05, 4.69) is 24.1 Å². The molecule has 0 aromatic heterocycles. The van der Waals surface area contributed by atoms with E-state index < -0.39 is 0 Å². The predicted octanol–water partition coefficient (Wildman–Crippen LogP) is 3.60. The molecule has 2 rings (SSSR count). The number of unbranched alkanes of at least 4 members (excludes halogenated alkanes) is 1. The molecule has 1 aliphatic heterocycles. The third-order valence-corrected chi connectivity index (χ3v) is 4.34. The number of rotatable bonds is 6. The van der Waals surface area contributed by atoms with Crippen molar-refractivity contribution in [3.63, 3.8) is 0 Å². The number of halogens is 2. The van der Waals surface area contributed by atoms with Gasteiger partial charge in [0.1, 0.15) is 0 Å². The molecule has 0 bridgehead atoms. The van der Waals surface area contributed by atoms with Crippen LogP contribution in [0.2, 0.25) is 0 Å². The van der Waals surface area contributed by atoms with Gasteiger partial charge in [-0.05, 0) is 49.8 Å². The molecule has 1 aromatic carbocycles. The van der Waals surface area contributed by atoms with Crippen molar-refractivity contribution in [2.24, 2.45) is 11.8 Å². The number of piperidine rings is 1. The molecule has 24 heavy (non-hydrogen) atoms. The molecular formula is C18H31Cl2N3O. The Labute approximate surface area is 158 Å². The maximum Gasteiger partial charge on any atom is 0.253 e. The summed E-state index contributed by atoms with van der Waals surface area (Å²) in [5.41, 5.74) is 6.92. The molecule has 0 spiro atoms. The zero-order chi connectivity index (χ0) is 15.9. The van der Waals surface area contributed by atoms with Gasteiger partial charge in [0.25, 0.3) is 5.91 Å². The average Bonchev–Trinajstić information content (AvgIpc) is 2.46. The normalized spacial score (nSPS) is 20.6. The number of anilines is 1. The van der Waals surface area contributed by atoms with Gasteiger partial charge in [-0.1, -0.05) is 26.0 Å². The number of likely N-dealkylation sites (tertiary alicyclic amines) is 1. The summed E-state index contributed by atoms with van der Waals surface area (Å²) in [6.07, 6.45) is 3.49. The van der Waals surface area contributed by atoms with Gasteiger partial charge in [-0.3, -0.25) is 4.79 Å². The Kier molecular flexibility index (Phi) is 11.1. The third kappa shape index (κ3) is 7.29. The minimum Gasteiger partial charge on any atom is -0.398 e. The van der Waals surface area contributed by atoms with Crippen molar-refractivity contribution < 1.29 is 4.79 Å². The SMILES string of the molecule is CC1CC(C)CN(CCCCNC(=O)c2ccccc2N)C1.Cl.Cl. The third-order valence-electron chi connectivity index (χ3n) is 4.34. The Hall–Kier alpha value is -0.970. The largest absolute Gasteiger partial charge is 0.398 e. The van der Waals surface area contributed by atoms with Crippen molar-refractivity contribution in [3.8, 4) is 0 Å². The van der Waals surface area contributed by atoms with Crippen molar-refractivity contribution in [1.29, 1.82) is 0 Å². The van der Waals surface area contributed by atoms with Crippen molar-refractivity contribution in [2.45, 2.75) is 33.1 Å². The van der Waals surface area contributed by atoms with E-state index in [4.69, 9.17) is 5.73 Å². The number of amides is 1. The van der Waals surface area contributed by atoms with Crippen LogP contribution < -0.4 is 11.1 Å². The van der Waals surface area contributed by atoms with Crippen LogP contribution in [0, 0.1) is 11.8 Å². The molecule has 0 radical (unpaired) electrons. The molecule has 6 heteroatoms. The number of carbonyl (C=O) groups is 1. The first kappa shape index (κ1) is 23.0. The summed E-state index contributed by atoms with van der Waals surface area (Å²) in [5.74, 6) is 1.55. The molecule has 3 N–H and O–H groups in total. The zero-order valence-corrected chi connectivity index (χ0v) is 16.3. The van der Waals surface area contributed by atoms with Crippen LogP contribution in [0.4, 0.5) is 5.69 Å². The van der Waals surface area contributed by atoms with Crippen LogP contribution in [0.1, 0.15) is 43.5 Å². The minimum absolute atomic E-state index is 0. The maximum absolute atomic E-state index is 12.0. The summed E-state index contributed by atoms with van der Waals surface area (Å²) < 4.78 is 0. The molecule has 1 heterocycles. The number of carbonyl (C=O) groups excluding carboxylic acids is 1. The van der Waals surface area contributed by atoms with Crippen LogP contribution in [0.15, 0.2) is 24.3 Å². The lowest BCUT2D eigenvalue weighted by Gasteiger charge is -2.34. The van der Waals surface area contributed by atoms with E-state index in [1.54, 1.807) is 12.1 Å². The van der Waals surface area contributed by atoms with E-state index >= 15 is 0 Å². The lowest BCUT2D eigenvalue weighted by Crippen LogP contribution is -2.39. The number of nitrogens with zero attached hydrogens (tertiary/aromatic N) is 1. The number of nitrogen functional groups attached to an aromatic ring is 1. The smallest absolute Gasteiger partial charge is 0.253 e. The van der Waals surface area contributed by atoms with E-state index in [-0.39, 0.29) is 30.7 Å². The molecule has 1 aliphatic rings. The van der Waals surface area contributed by atoms with Crippen molar-refractivity contribution >= 4 is 36.4 Å². The van der Waals surface area contributed by atoms with Crippen molar-refractivity contribution in [3.05, 3.63) is 29.8 Å². The number of hydrogen-bond acceptors (Lipinski definition) is 3. The van der Waals surface area contributed by atoms with E-state index in [0.29, 0.717) is 17.8 Å². The summed E-state index contributed by atoms with van der Waals surface area (Å²) >= 11 is 0. The second kappa shape index (κ2) is 11.6. The standard InChI is InChI=1S/C18H29N3O.2ClH/c1-14-11-15(2)13-21(12-14)10-6-5-9-20-18(22)16-7-3-4-8-17(16)19;;/h3-4,7-8,14-15H,5-6,9-13,19H2,1-2H3,(H,20,22);2*1H. The highest BCUT2D eigenvalue weighted by molar-refractivity contribution is 5.99. The van der Waals surface area contributed by atoms with Crippen LogP contribution in [-0.4, -0.2) is 37.0 Å². The Balaban J connectivity index is 0.00000264. The van der Waals surface area contributed by atoms with Gasteiger partial charge in [-0.25, -0.2) is 0 Å². The molecule has 1 amide bonds. The minimum atomic E-state index is -0.0710. The lowest BCUT2D eigenvalue weighted by atomic mass is 9.92.